The summed E-state index contributed by atoms with van der Waals surface area (Å²) < 4.78 is 5.26. The number of rotatable bonds is 5. The fraction of sp³-hybridized carbons (Fsp3) is 0.0417. The summed E-state index contributed by atoms with van der Waals surface area (Å²) in [6.07, 6.45) is 1.73. The van der Waals surface area contributed by atoms with Crippen molar-refractivity contribution in [2.24, 2.45) is 0 Å². The van der Waals surface area contributed by atoms with Crippen LogP contribution < -0.4 is 10.1 Å². The number of nitrogens with one attached hydrogen (secondary N) is 1. The predicted molar refractivity (Wildman–Crippen MR) is 114 cm³/mol. The van der Waals surface area contributed by atoms with Crippen molar-refractivity contribution in [1.82, 2.24) is 9.97 Å². The second-order valence-corrected chi connectivity index (χ2v) is 6.32. The van der Waals surface area contributed by atoms with Crippen LogP contribution in [0.3, 0.4) is 0 Å². The first kappa shape index (κ1) is 18.2. The molecule has 140 valence electrons. The van der Waals surface area contributed by atoms with Gasteiger partial charge in [0.15, 0.2) is 0 Å². The summed E-state index contributed by atoms with van der Waals surface area (Å²) in [6.45, 7) is 0. The molecule has 4 rings (SSSR count). The van der Waals surface area contributed by atoms with Crippen molar-refractivity contribution in [3.63, 3.8) is 0 Å². The summed E-state index contributed by atoms with van der Waals surface area (Å²) in [5.74, 6) is 1.25. The first-order valence-electron chi connectivity index (χ1n) is 9.11. The molecule has 29 heavy (non-hydrogen) atoms. The average Bonchev–Trinajstić information content (AvgIpc) is 2.80. The maximum absolute atomic E-state index is 9.93. The minimum atomic E-state index is 0.471. The van der Waals surface area contributed by atoms with Crippen LogP contribution in [0.2, 0.25) is 0 Å². The Labute approximate surface area is 169 Å². The molecule has 2 aromatic heterocycles. The van der Waals surface area contributed by atoms with E-state index in [1.807, 2.05) is 78.9 Å². The number of benzene rings is 2. The van der Waals surface area contributed by atoms with Crippen LogP contribution in [0, 0.1) is 11.3 Å². The van der Waals surface area contributed by atoms with Gasteiger partial charge in [-0.3, -0.25) is 4.98 Å². The lowest BCUT2D eigenvalue weighted by Crippen LogP contribution is -2.01. The van der Waals surface area contributed by atoms with Crippen molar-refractivity contribution in [2.45, 2.75) is 0 Å². The summed E-state index contributed by atoms with van der Waals surface area (Å²) in [4.78, 5) is 9.13. The molecule has 0 fully saturated rings. The molecule has 0 spiro atoms. The van der Waals surface area contributed by atoms with E-state index in [1.165, 1.54) is 0 Å². The van der Waals surface area contributed by atoms with Crippen LogP contribution in [0.25, 0.3) is 22.5 Å². The Bertz CT molecular complexity index is 1150. The number of pyridine rings is 2. The Morgan fingerprint density at radius 3 is 2.31 bits per heavy atom. The number of ether oxygens (including phenoxy) is 1. The second kappa shape index (κ2) is 8.24. The third-order valence-corrected chi connectivity index (χ3v) is 4.50. The van der Waals surface area contributed by atoms with Crippen LogP contribution >= 0.6 is 0 Å². The Morgan fingerprint density at radius 2 is 1.66 bits per heavy atom. The van der Waals surface area contributed by atoms with Crippen molar-refractivity contribution in [1.29, 1.82) is 5.26 Å². The lowest BCUT2D eigenvalue weighted by Gasteiger charge is -2.14. The number of methoxy groups -OCH3 is 1. The second-order valence-electron chi connectivity index (χ2n) is 6.32. The van der Waals surface area contributed by atoms with E-state index in [0.29, 0.717) is 17.1 Å². The number of hydrogen-bond acceptors (Lipinski definition) is 5. The third kappa shape index (κ3) is 3.92. The molecule has 2 aromatic carbocycles. The summed E-state index contributed by atoms with van der Waals surface area (Å²) in [7, 11) is 1.63. The predicted octanol–water partition coefficient (Wildman–Crippen LogP) is 5.43. The van der Waals surface area contributed by atoms with Crippen LogP contribution in [0.5, 0.6) is 5.75 Å². The van der Waals surface area contributed by atoms with Gasteiger partial charge in [0.2, 0.25) is 0 Å². The number of hydrogen-bond donors (Lipinski definition) is 1. The Kier molecular flexibility index (Phi) is 5.17. The molecule has 0 aliphatic heterocycles. The van der Waals surface area contributed by atoms with Gasteiger partial charge in [0.1, 0.15) is 23.2 Å². The summed E-state index contributed by atoms with van der Waals surface area (Å²) in [6, 6.07) is 27.2. The number of aromatic nitrogens is 2. The van der Waals surface area contributed by atoms with E-state index in [9.17, 15) is 5.26 Å². The molecule has 4 aromatic rings. The Balaban J connectivity index is 1.90. The summed E-state index contributed by atoms with van der Waals surface area (Å²) >= 11 is 0. The van der Waals surface area contributed by atoms with E-state index in [2.05, 4.69) is 16.4 Å². The van der Waals surface area contributed by atoms with E-state index in [4.69, 9.17) is 9.72 Å². The standard InChI is InChI=1S/C24H18N4O/c1-29-19-12-10-17(11-13-19)20-15-23(22-9-5-6-14-26-22)28-24(21(20)16-25)27-18-7-3-2-4-8-18/h2-15H,1H3,(H,27,28). The summed E-state index contributed by atoms with van der Waals surface area (Å²) in [5, 5.41) is 13.2. The molecular weight excluding hydrogens is 360 g/mol. The number of nitriles is 1. The molecule has 0 aliphatic rings. The van der Waals surface area contributed by atoms with Gasteiger partial charge in [-0.15, -0.1) is 0 Å². The molecule has 0 atom stereocenters. The van der Waals surface area contributed by atoms with Crippen molar-refractivity contribution >= 4 is 11.5 Å². The molecule has 0 aliphatic carbocycles. The molecule has 0 saturated carbocycles. The van der Waals surface area contributed by atoms with Gasteiger partial charge in [-0.1, -0.05) is 36.4 Å². The normalized spacial score (nSPS) is 10.2. The zero-order valence-electron chi connectivity index (χ0n) is 15.8. The van der Waals surface area contributed by atoms with Crippen molar-refractivity contribution in [2.75, 3.05) is 12.4 Å². The summed E-state index contributed by atoms with van der Waals surface area (Å²) in [5.41, 5.74) is 4.44. The molecular formula is C24H18N4O. The minimum Gasteiger partial charge on any atom is -0.497 e. The molecule has 0 unspecified atom stereocenters. The first-order chi connectivity index (χ1) is 14.3. The van der Waals surface area contributed by atoms with Gasteiger partial charge in [0, 0.05) is 17.4 Å². The highest BCUT2D eigenvalue weighted by Crippen LogP contribution is 2.33. The quantitative estimate of drug-likeness (QED) is 0.501. The SMILES string of the molecule is COc1ccc(-c2cc(-c3ccccn3)nc(Nc3ccccc3)c2C#N)cc1. The van der Waals surface area contributed by atoms with Crippen LogP contribution in [-0.4, -0.2) is 17.1 Å². The van der Waals surface area contributed by atoms with E-state index in [1.54, 1.807) is 13.3 Å². The van der Waals surface area contributed by atoms with Gasteiger partial charge < -0.3 is 10.1 Å². The molecule has 1 N–H and O–H groups in total. The zero-order valence-corrected chi connectivity index (χ0v) is 15.8. The van der Waals surface area contributed by atoms with E-state index >= 15 is 0 Å². The number of nitrogens with zero attached hydrogens (tertiary/aromatic N) is 3. The average molecular weight is 378 g/mol. The lowest BCUT2D eigenvalue weighted by atomic mass is 9.99. The van der Waals surface area contributed by atoms with Gasteiger partial charge in [-0.2, -0.15) is 5.26 Å². The number of para-hydroxylation sites is 1. The number of anilines is 2. The maximum Gasteiger partial charge on any atom is 0.149 e. The van der Waals surface area contributed by atoms with Crippen LogP contribution in [-0.2, 0) is 0 Å². The minimum absolute atomic E-state index is 0.471. The topological polar surface area (TPSA) is 70.8 Å². The van der Waals surface area contributed by atoms with Gasteiger partial charge in [0.25, 0.3) is 0 Å². The van der Waals surface area contributed by atoms with Crippen LogP contribution in [0.15, 0.2) is 85.1 Å². The Hall–Kier alpha value is -4.17. The van der Waals surface area contributed by atoms with Gasteiger partial charge in [0.05, 0.1) is 18.5 Å². The third-order valence-electron chi connectivity index (χ3n) is 4.50. The fourth-order valence-corrected chi connectivity index (χ4v) is 3.05. The zero-order chi connectivity index (χ0) is 20.1. The fourth-order valence-electron chi connectivity index (χ4n) is 3.05. The van der Waals surface area contributed by atoms with Crippen LogP contribution in [0.4, 0.5) is 11.5 Å². The Morgan fingerprint density at radius 1 is 0.897 bits per heavy atom. The van der Waals surface area contributed by atoms with Crippen molar-refractivity contribution < 1.29 is 4.74 Å². The largest absolute Gasteiger partial charge is 0.497 e. The molecule has 5 heteroatoms. The highest BCUT2D eigenvalue weighted by molar-refractivity contribution is 5.82. The van der Waals surface area contributed by atoms with Gasteiger partial charge in [-0.05, 0) is 48.0 Å². The molecule has 0 amide bonds. The molecule has 2 heterocycles. The molecule has 5 nitrogen and oxygen atoms in total. The van der Waals surface area contributed by atoms with Crippen molar-refractivity contribution in [3.05, 3.63) is 90.6 Å². The van der Waals surface area contributed by atoms with Gasteiger partial charge >= 0.3 is 0 Å². The first-order valence-corrected chi connectivity index (χ1v) is 9.11. The maximum atomic E-state index is 9.93. The van der Waals surface area contributed by atoms with E-state index < -0.39 is 0 Å². The van der Waals surface area contributed by atoms with Crippen molar-refractivity contribution in [3.8, 4) is 34.3 Å². The highest BCUT2D eigenvalue weighted by atomic mass is 16.5. The smallest absolute Gasteiger partial charge is 0.149 e. The monoisotopic (exact) mass is 378 g/mol. The molecule has 0 saturated heterocycles. The van der Waals surface area contributed by atoms with E-state index in [-0.39, 0.29) is 0 Å². The van der Waals surface area contributed by atoms with Gasteiger partial charge in [-0.25, -0.2) is 4.98 Å². The lowest BCUT2D eigenvalue weighted by molar-refractivity contribution is 0.415. The molecule has 0 radical (unpaired) electrons. The van der Waals surface area contributed by atoms with E-state index in [0.717, 1.165) is 28.3 Å². The highest BCUT2D eigenvalue weighted by Gasteiger charge is 2.16. The molecule has 0 bridgehead atoms. The van der Waals surface area contributed by atoms with Crippen LogP contribution in [0.1, 0.15) is 5.56 Å².